The van der Waals surface area contributed by atoms with Gasteiger partial charge in [-0.15, -0.1) is 0 Å². The van der Waals surface area contributed by atoms with Gasteiger partial charge in [0.25, 0.3) is 0 Å². The quantitative estimate of drug-likeness (QED) is 0.835. The molecule has 16 heavy (non-hydrogen) atoms. The Balaban J connectivity index is 1.91. The molecule has 1 heterocycles. The maximum atomic E-state index is 12.7. The van der Waals surface area contributed by atoms with Crippen molar-refractivity contribution in [1.82, 2.24) is 10.2 Å². The molecule has 0 aromatic heterocycles. The molecule has 0 spiro atoms. The molecule has 0 saturated carbocycles. The van der Waals surface area contributed by atoms with Gasteiger partial charge in [0.15, 0.2) is 0 Å². The summed E-state index contributed by atoms with van der Waals surface area (Å²) in [6, 6.07) is 6.68. The zero-order chi connectivity index (χ0) is 11.4. The summed E-state index contributed by atoms with van der Waals surface area (Å²) in [5.41, 5.74) is 1.14. The van der Waals surface area contributed by atoms with E-state index in [4.69, 9.17) is 4.74 Å². The largest absolute Gasteiger partial charge is 0.361 e. The van der Waals surface area contributed by atoms with E-state index >= 15 is 0 Å². The van der Waals surface area contributed by atoms with Crippen LogP contribution < -0.4 is 5.32 Å². The molecular weight excluding hydrogens is 207 g/mol. The van der Waals surface area contributed by atoms with Crippen molar-refractivity contribution >= 4 is 0 Å². The highest BCUT2D eigenvalue weighted by Gasteiger charge is 2.18. The van der Waals surface area contributed by atoms with Gasteiger partial charge in [-0.25, -0.2) is 4.39 Å². The zero-order valence-electron chi connectivity index (χ0n) is 9.45. The fraction of sp³-hybridized carbons (Fsp3) is 0.500. The molecule has 1 atom stereocenters. The fourth-order valence-corrected chi connectivity index (χ4v) is 1.87. The standard InChI is InChI=1S/C12H17FN2O/c1-14-12-9-15(6-7-16-12)8-10-2-4-11(13)5-3-10/h2-5,12,14H,6-9H2,1H3/t12-/m0/s1. The summed E-state index contributed by atoms with van der Waals surface area (Å²) in [5.74, 6) is -0.182. The zero-order valence-corrected chi connectivity index (χ0v) is 9.45. The summed E-state index contributed by atoms with van der Waals surface area (Å²) in [4.78, 5) is 2.30. The Kier molecular flexibility index (Phi) is 3.88. The molecule has 4 heteroatoms. The van der Waals surface area contributed by atoms with Gasteiger partial charge in [-0.05, 0) is 24.7 Å². The molecule has 1 saturated heterocycles. The van der Waals surface area contributed by atoms with Gasteiger partial charge in [0.05, 0.1) is 6.61 Å². The molecule has 0 radical (unpaired) electrons. The summed E-state index contributed by atoms with van der Waals surface area (Å²) in [5, 5.41) is 3.10. The van der Waals surface area contributed by atoms with Crippen LogP contribution in [0.15, 0.2) is 24.3 Å². The Labute approximate surface area is 95.2 Å². The maximum absolute atomic E-state index is 12.7. The lowest BCUT2D eigenvalue weighted by molar-refractivity contribution is -0.0442. The minimum atomic E-state index is -0.182. The molecule has 2 rings (SSSR count). The highest BCUT2D eigenvalue weighted by molar-refractivity contribution is 5.15. The summed E-state index contributed by atoms with van der Waals surface area (Å²) < 4.78 is 18.2. The van der Waals surface area contributed by atoms with Crippen molar-refractivity contribution in [2.75, 3.05) is 26.7 Å². The van der Waals surface area contributed by atoms with Crippen LogP contribution in [0.1, 0.15) is 5.56 Å². The van der Waals surface area contributed by atoms with E-state index in [1.807, 2.05) is 19.2 Å². The summed E-state index contributed by atoms with van der Waals surface area (Å²) in [6.45, 7) is 3.39. The van der Waals surface area contributed by atoms with Gasteiger partial charge >= 0.3 is 0 Å². The van der Waals surface area contributed by atoms with Crippen molar-refractivity contribution in [1.29, 1.82) is 0 Å². The molecule has 1 fully saturated rings. The van der Waals surface area contributed by atoms with Crippen LogP contribution in [0.2, 0.25) is 0 Å². The second-order valence-corrected chi connectivity index (χ2v) is 4.01. The van der Waals surface area contributed by atoms with Crippen LogP contribution in [-0.4, -0.2) is 37.9 Å². The summed E-state index contributed by atoms with van der Waals surface area (Å²) in [6.07, 6.45) is 0.106. The Morgan fingerprint density at radius 1 is 1.44 bits per heavy atom. The number of likely N-dealkylation sites (N-methyl/N-ethyl adjacent to an activating group) is 1. The molecule has 1 aliphatic heterocycles. The predicted molar refractivity (Wildman–Crippen MR) is 60.5 cm³/mol. The molecule has 1 N–H and O–H groups in total. The van der Waals surface area contributed by atoms with Crippen LogP contribution in [-0.2, 0) is 11.3 Å². The average Bonchev–Trinajstić information content (AvgIpc) is 2.32. The Bertz CT molecular complexity index is 328. The van der Waals surface area contributed by atoms with Crippen LogP contribution in [0, 0.1) is 5.82 Å². The number of hydrogen-bond acceptors (Lipinski definition) is 3. The second kappa shape index (κ2) is 5.39. The maximum Gasteiger partial charge on any atom is 0.123 e. The Morgan fingerprint density at radius 3 is 2.88 bits per heavy atom. The topological polar surface area (TPSA) is 24.5 Å². The molecule has 0 amide bonds. The van der Waals surface area contributed by atoms with E-state index in [9.17, 15) is 4.39 Å². The molecule has 1 aliphatic rings. The van der Waals surface area contributed by atoms with E-state index in [-0.39, 0.29) is 12.0 Å². The normalized spacial score (nSPS) is 22.2. The number of benzene rings is 1. The van der Waals surface area contributed by atoms with E-state index in [1.165, 1.54) is 12.1 Å². The predicted octanol–water partition coefficient (Wildman–Crippen LogP) is 1.20. The van der Waals surface area contributed by atoms with Gasteiger partial charge in [0, 0.05) is 19.6 Å². The third-order valence-corrected chi connectivity index (χ3v) is 2.79. The molecule has 88 valence electrons. The Hall–Kier alpha value is -0.970. The first-order valence-corrected chi connectivity index (χ1v) is 5.53. The molecule has 1 aromatic rings. The molecule has 0 bridgehead atoms. The van der Waals surface area contributed by atoms with Crippen molar-refractivity contribution in [3.8, 4) is 0 Å². The van der Waals surface area contributed by atoms with Crippen molar-refractivity contribution in [3.63, 3.8) is 0 Å². The molecule has 1 aromatic carbocycles. The van der Waals surface area contributed by atoms with E-state index in [2.05, 4.69) is 10.2 Å². The monoisotopic (exact) mass is 224 g/mol. The number of morpholine rings is 1. The molecular formula is C12H17FN2O. The smallest absolute Gasteiger partial charge is 0.123 e. The highest BCUT2D eigenvalue weighted by Crippen LogP contribution is 2.10. The van der Waals surface area contributed by atoms with Gasteiger partial charge < -0.3 is 4.74 Å². The van der Waals surface area contributed by atoms with Crippen LogP contribution in [0.4, 0.5) is 4.39 Å². The Morgan fingerprint density at radius 2 is 2.19 bits per heavy atom. The average molecular weight is 224 g/mol. The molecule has 3 nitrogen and oxygen atoms in total. The first-order chi connectivity index (χ1) is 7.78. The van der Waals surface area contributed by atoms with Crippen LogP contribution in [0.25, 0.3) is 0 Å². The third-order valence-electron chi connectivity index (χ3n) is 2.79. The molecule has 0 aliphatic carbocycles. The van der Waals surface area contributed by atoms with Gasteiger partial charge in [0.2, 0.25) is 0 Å². The number of nitrogens with one attached hydrogen (secondary N) is 1. The summed E-state index contributed by atoms with van der Waals surface area (Å²) >= 11 is 0. The minimum absolute atomic E-state index is 0.106. The van der Waals surface area contributed by atoms with E-state index < -0.39 is 0 Å². The number of rotatable bonds is 3. The first kappa shape index (κ1) is 11.5. The van der Waals surface area contributed by atoms with Crippen LogP contribution in [0.3, 0.4) is 0 Å². The first-order valence-electron chi connectivity index (χ1n) is 5.53. The van der Waals surface area contributed by atoms with E-state index in [0.29, 0.717) is 0 Å². The van der Waals surface area contributed by atoms with E-state index in [1.54, 1.807) is 0 Å². The lowest BCUT2D eigenvalue weighted by Gasteiger charge is -2.32. The van der Waals surface area contributed by atoms with Crippen LogP contribution in [0.5, 0.6) is 0 Å². The number of hydrogen-bond donors (Lipinski definition) is 1. The van der Waals surface area contributed by atoms with Crippen molar-refractivity contribution < 1.29 is 9.13 Å². The van der Waals surface area contributed by atoms with Gasteiger partial charge in [-0.1, -0.05) is 12.1 Å². The summed E-state index contributed by atoms with van der Waals surface area (Å²) in [7, 11) is 1.89. The van der Waals surface area contributed by atoms with Crippen molar-refractivity contribution in [2.24, 2.45) is 0 Å². The van der Waals surface area contributed by atoms with Crippen LogP contribution >= 0.6 is 0 Å². The van der Waals surface area contributed by atoms with Crippen molar-refractivity contribution in [3.05, 3.63) is 35.6 Å². The van der Waals surface area contributed by atoms with Gasteiger partial charge in [0.1, 0.15) is 12.0 Å². The third kappa shape index (κ3) is 3.01. The lowest BCUT2D eigenvalue weighted by atomic mass is 10.2. The fourth-order valence-electron chi connectivity index (χ4n) is 1.87. The SMILES string of the molecule is CN[C@@H]1CN(Cc2ccc(F)cc2)CCO1. The second-order valence-electron chi connectivity index (χ2n) is 4.01. The van der Waals surface area contributed by atoms with Crippen molar-refractivity contribution in [2.45, 2.75) is 12.8 Å². The number of nitrogens with zero attached hydrogens (tertiary/aromatic N) is 1. The lowest BCUT2D eigenvalue weighted by Crippen LogP contribution is -2.47. The minimum Gasteiger partial charge on any atom is -0.361 e. The molecule has 0 unspecified atom stereocenters. The number of halogens is 1. The van der Waals surface area contributed by atoms with E-state index in [0.717, 1.165) is 31.8 Å². The van der Waals surface area contributed by atoms with Gasteiger partial charge in [-0.2, -0.15) is 0 Å². The number of ether oxygens (including phenoxy) is 1. The highest BCUT2D eigenvalue weighted by atomic mass is 19.1. The van der Waals surface area contributed by atoms with Gasteiger partial charge in [-0.3, -0.25) is 10.2 Å².